The van der Waals surface area contributed by atoms with E-state index in [4.69, 9.17) is 26.8 Å². The lowest BCUT2D eigenvalue weighted by atomic mass is 10.2. The molecule has 1 saturated heterocycles. The molecular weight excluding hydrogens is 264 g/mol. The molecule has 0 aromatic heterocycles. The first-order valence-electron chi connectivity index (χ1n) is 6.68. The van der Waals surface area contributed by atoms with E-state index >= 15 is 0 Å². The SMILES string of the molecule is CCN1CCOC(COc2ccc(Cl)cc2CN)C1. The predicted molar refractivity (Wildman–Crippen MR) is 76.7 cm³/mol. The van der Waals surface area contributed by atoms with E-state index < -0.39 is 0 Å². The maximum absolute atomic E-state index is 5.94. The summed E-state index contributed by atoms with van der Waals surface area (Å²) in [7, 11) is 0. The van der Waals surface area contributed by atoms with Gasteiger partial charge >= 0.3 is 0 Å². The third kappa shape index (κ3) is 4.08. The molecule has 0 spiro atoms. The fourth-order valence-electron chi connectivity index (χ4n) is 2.20. The maximum Gasteiger partial charge on any atom is 0.124 e. The number of likely N-dealkylation sites (N-methyl/N-ethyl adjacent to an activating group) is 1. The van der Waals surface area contributed by atoms with Gasteiger partial charge in [-0.1, -0.05) is 18.5 Å². The molecule has 1 aromatic rings. The molecule has 1 unspecified atom stereocenters. The normalized spacial score (nSPS) is 20.5. The molecule has 106 valence electrons. The third-order valence-corrected chi connectivity index (χ3v) is 3.57. The van der Waals surface area contributed by atoms with Crippen molar-refractivity contribution < 1.29 is 9.47 Å². The molecule has 0 aliphatic carbocycles. The number of hydrogen-bond acceptors (Lipinski definition) is 4. The summed E-state index contributed by atoms with van der Waals surface area (Å²) in [5, 5.41) is 0.680. The highest BCUT2D eigenvalue weighted by atomic mass is 35.5. The number of benzene rings is 1. The largest absolute Gasteiger partial charge is 0.490 e. The van der Waals surface area contributed by atoms with Crippen LogP contribution in [0.15, 0.2) is 18.2 Å². The van der Waals surface area contributed by atoms with Gasteiger partial charge in [0.05, 0.1) is 6.61 Å². The number of halogens is 1. The number of hydrogen-bond donors (Lipinski definition) is 1. The Morgan fingerprint density at radius 1 is 1.53 bits per heavy atom. The zero-order valence-corrected chi connectivity index (χ0v) is 12.0. The molecule has 0 bridgehead atoms. The highest BCUT2D eigenvalue weighted by Crippen LogP contribution is 2.23. The fourth-order valence-corrected chi connectivity index (χ4v) is 2.39. The Hall–Kier alpha value is -0.810. The molecule has 1 aliphatic rings. The molecule has 19 heavy (non-hydrogen) atoms. The molecule has 1 aliphatic heterocycles. The molecule has 1 fully saturated rings. The van der Waals surface area contributed by atoms with E-state index in [1.807, 2.05) is 18.2 Å². The number of nitrogens with two attached hydrogens (primary N) is 1. The van der Waals surface area contributed by atoms with Gasteiger partial charge < -0.3 is 15.2 Å². The van der Waals surface area contributed by atoms with Crippen LogP contribution in [0.1, 0.15) is 12.5 Å². The fraction of sp³-hybridized carbons (Fsp3) is 0.571. The standard InChI is InChI=1S/C14H21ClN2O2/c1-2-17-5-6-18-13(9-17)10-19-14-4-3-12(15)7-11(14)8-16/h3-4,7,13H,2,5-6,8-10,16H2,1H3. The Bertz CT molecular complexity index is 414. The molecule has 0 radical (unpaired) electrons. The van der Waals surface area contributed by atoms with Crippen LogP contribution in [0.3, 0.4) is 0 Å². The summed E-state index contributed by atoms with van der Waals surface area (Å²) in [6.07, 6.45) is 0.120. The highest BCUT2D eigenvalue weighted by Gasteiger charge is 2.20. The zero-order chi connectivity index (χ0) is 13.7. The second-order valence-electron chi connectivity index (χ2n) is 4.65. The molecule has 2 N–H and O–H groups in total. The van der Waals surface area contributed by atoms with Crippen LogP contribution in [0.4, 0.5) is 0 Å². The van der Waals surface area contributed by atoms with E-state index in [1.165, 1.54) is 0 Å². The van der Waals surface area contributed by atoms with Crippen molar-refractivity contribution in [1.29, 1.82) is 0 Å². The van der Waals surface area contributed by atoms with Crippen LogP contribution in [0.5, 0.6) is 5.75 Å². The summed E-state index contributed by atoms with van der Waals surface area (Å²) in [5.41, 5.74) is 6.62. The minimum atomic E-state index is 0.120. The summed E-state index contributed by atoms with van der Waals surface area (Å²) in [4.78, 5) is 2.36. The molecule has 5 heteroatoms. The van der Waals surface area contributed by atoms with Gasteiger partial charge in [0, 0.05) is 30.2 Å². The van der Waals surface area contributed by atoms with E-state index in [1.54, 1.807) is 0 Å². The predicted octanol–water partition coefficient (Wildman–Crippen LogP) is 1.90. The van der Waals surface area contributed by atoms with Gasteiger partial charge in [-0.2, -0.15) is 0 Å². The van der Waals surface area contributed by atoms with Crippen molar-refractivity contribution in [2.75, 3.05) is 32.8 Å². The van der Waals surface area contributed by atoms with Crippen molar-refractivity contribution in [3.63, 3.8) is 0 Å². The second-order valence-corrected chi connectivity index (χ2v) is 5.09. The first kappa shape index (κ1) is 14.6. The van der Waals surface area contributed by atoms with Crippen LogP contribution in [0, 0.1) is 0 Å². The molecular formula is C14H21ClN2O2. The van der Waals surface area contributed by atoms with Crippen molar-refractivity contribution in [2.24, 2.45) is 5.73 Å². The lowest BCUT2D eigenvalue weighted by Gasteiger charge is -2.32. The van der Waals surface area contributed by atoms with Crippen molar-refractivity contribution in [2.45, 2.75) is 19.6 Å². The minimum Gasteiger partial charge on any atom is -0.490 e. The summed E-state index contributed by atoms with van der Waals surface area (Å²) >= 11 is 5.94. The smallest absolute Gasteiger partial charge is 0.124 e. The van der Waals surface area contributed by atoms with Gasteiger partial charge in [0.15, 0.2) is 0 Å². The molecule has 1 aromatic carbocycles. The molecule has 1 heterocycles. The second kappa shape index (κ2) is 7.10. The average molecular weight is 285 g/mol. The van der Waals surface area contributed by atoms with E-state index in [9.17, 15) is 0 Å². The Labute approximate surface area is 119 Å². The topological polar surface area (TPSA) is 47.7 Å². The number of morpholine rings is 1. The van der Waals surface area contributed by atoms with Crippen LogP contribution in [0.2, 0.25) is 5.02 Å². The van der Waals surface area contributed by atoms with Crippen LogP contribution < -0.4 is 10.5 Å². The zero-order valence-electron chi connectivity index (χ0n) is 11.3. The van der Waals surface area contributed by atoms with Gasteiger partial charge in [0.1, 0.15) is 18.5 Å². The number of ether oxygens (including phenoxy) is 2. The molecule has 0 saturated carbocycles. The third-order valence-electron chi connectivity index (χ3n) is 3.34. The van der Waals surface area contributed by atoms with E-state index in [2.05, 4.69) is 11.8 Å². The number of nitrogens with zero attached hydrogens (tertiary/aromatic N) is 1. The van der Waals surface area contributed by atoms with Crippen LogP contribution in [-0.2, 0) is 11.3 Å². The van der Waals surface area contributed by atoms with E-state index in [0.29, 0.717) is 18.2 Å². The van der Waals surface area contributed by atoms with Crippen molar-refractivity contribution in [3.05, 3.63) is 28.8 Å². The molecule has 4 nitrogen and oxygen atoms in total. The summed E-state index contributed by atoms with van der Waals surface area (Å²) < 4.78 is 11.5. The van der Waals surface area contributed by atoms with Gasteiger partial charge in [0.25, 0.3) is 0 Å². The van der Waals surface area contributed by atoms with Crippen molar-refractivity contribution in [3.8, 4) is 5.75 Å². The van der Waals surface area contributed by atoms with Crippen LogP contribution >= 0.6 is 11.6 Å². The lowest BCUT2D eigenvalue weighted by molar-refractivity contribution is -0.0465. The molecule has 1 atom stereocenters. The average Bonchev–Trinajstić information content (AvgIpc) is 2.46. The van der Waals surface area contributed by atoms with Crippen molar-refractivity contribution in [1.82, 2.24) is 4.90 Å². The first-order chi connectivity index (χ1) is 9.22. The Morgan fingerprint density at radius 3 is 3.11 bits per heavy atom. The molecule has 2 rings (SSSR count). The van der Waals surface area contributed by atoms with Crippen LogP contribution in [0.25, 0.3) is 0 Å². The molecule has 0 amide bonds. The van der Waals surface area contributed by atoms with Crippen molar-refractivity contribution >= 4 is 11.6 Å². The monoisotopic (exact) mass is 284 g/mol. The minimum absolute atomic E-state index is 0.120. The maximum atomic E-state index is 5.94. The van der Waals surface area contributed by atoms with E-state index in [-0.39, 0.29) is 6.10 Å². The lowest BCUT2D eigenvalue weighted by Crippen LogP contribution is -2.44. The van der Waals surface area contributed by atoms with E-state index in [0.717, 1.165) is 37.6 Å². The highest BCUT2D eigenvalue weighted by molar-refractivity contribution is 6.30. The first-order valence-corrected chi connectivity index (χ1v) is 7.06. The van der Waals surface area contributed by atoms with Gasteiger partial charge in [-0.15, -0.1) is 0 Å². The van der Waals surface area contributed by atoms with Gasteiger partial charge in [-0.05, 0) is 24.7 Å². The Morgan fingerprint density at radius 2 is 2.37 bits per heavy atom. The Balaban J connectivity index is 1.91. The van der Waals surface area contributed by atoms with Crippen LogP contribution in [-0.4, -0.2) is 43.9 Å². The Kier molecular flexibility index (Phi) is 5.45. The van der Waals surface area contributed by atoms with Gasteiger partial charge in [-0.3, -0.25) is 4.90 Å². The number of rotatable bonds is 5. The summed E-state index contributed by atoms with van der Waals surface area (Å²) in [6.45, 7) is 6.87. The van der Waals surface area contributed by atoms with Gasteiger partial charge in [-0.25, -0.2) is 0 Å². The summed E-state index contributed by atoms with van der Waals surface area (Å²) in [5.74, 6) is 0.795. The quantitative estimate of drug-likeness (QED) is 0.897. The summed E-state index contributed by atoms with van der Waals surface area (Å²) in [6, 6.07) is 5.53. The van der Waals surface area contributed by atoms with Gasteiger partial charge in [0.2, 0.25) is 0 Å².